The van der Waals surface area contributed by atoms with Crippen LogP contribution in [0.5, 0.6) is 0 Å². The molecule has 1 aliphatic carbocycles. The van der Waals surface area contributed by atoms with Crippen molar-refractivity contribution in [3.05, 3.63) is 84.0 Å². The Balaban J connectivity index is 0.000000761. The summed E-state index contributed by atoms with van der Waals surface area (Å²) < 4.78 is 23.7. The van der Waals surface area contributed by atoms with Crippen LogP contribution in [0.4, 0.5) is 17.1 Å². The zero-order valence-corrected chi connectivity index (χ0v) is 59.3. The van der Waals surface area contributed by atoms with E-state index in [0.717, 1.165) is 142 Å². The molecule has 1 spiro atoms. The number of methoxy groups -OCH3 is 2. The van der Waals surface area contributed by atoms with Gasteiger partial charge in [0, 0.05) is 140 Å². The maximum atomic E-state index is 13.2. The summed E-state index contributed by atoms with van der Waals surface area (Å²) in [6, 6.07) is 17.0. The second kappa shape index (κ2) is 40.8. The van der Waals surface area contributed by atoms with Crippen LogP contribution in [-0.2, 0) is 33.3 Å². The fraction of sp³-hybridized carbons (Fsp3) is 0.694. The van der Waals surface area contributed by atoms with E-state index in [1.165, 1.54) is 50.3 Å². The minimum atomic E-state index is -0.385. The Labute approximate surface area is 550 Å². The molecule has 0 amide bonds. The van der Waals surface area contributed by atoms with Crippen LogP contribution in [-0.4, -0.2) is 225 Å². The van der Waals surface area contributed by atoms with Gasteiger partial charge in [-0.2, -0.15) is 0 Å². The number of rotatable bonds is 29. The van der Waals surface area contributed by atoms with Gasteiger partial charge in [0.2, 0.25) is 0 Å². The molecule has 3 N–H and O–H groups in total. The average Bonchev–Trinajstić information content (AvgIpc) is 1.32. The number of likely N-dealkylation sites (N-methyl/N-ethyl adjacent to an activating group) is 1. The SMILES string of the molecule is CC.CC.CC=N.CC[C@@H]1CCN(C(C=O)C(C)[N+]2(C(CCN(CCOC)c3ccc(N(CC)/C(=C(\C)CC(C)(C)COC=O)c4cc(N5CCN(C6CC6)CC5)cnc4C(C)OC)cc3)C(C=O)NC)CC3(COC3)C2)C1.CN1CCCCN1.c1ccncc1. The number of aldehydes is 2. The number of hydrazine groups is 1. The van der Waals surface area contributed by atoms with Gasteiger partial charge >= 0.3 is 0 Å². The molecule has 3 aromatic rings. The molecule has 6 aliphatic rings. The number of allylic oxidation sites excluding steroid dienone is 1. The summed E-state index contributed by atoms with van der Waals surface area (Å²) in [5, 5.41) is 11.6. The Bertz CT molecular complexity index is 2500. The van der Waals surface area contributed by atoms with Crippen molar-refractivity contribution in [2.45, 2.75) is 171 Å². The zero-order chi connectivity index (χ0) is 67.0. The summed E-state index contributed by atoms with van der Waals surface area (Å²) in [5.41, 5.74) is 10.4. The maximum absolute atomic E-state index is 13.2. The standard InChI is InChI=1S/C56H89N8O7.C5H12N2.C5H5N.C2H5N.2C2H6/c1-11-44-19-21-62(32-44)51(34-66)42(4)64(35-56(36-64)38-70-39-56)52(50(33-65)57-8)20-22-59(27-28-68-9)45-15-17-47(18-16-45)63(12-2)54(41(3)30-55(6,7)37-71-40-67)49-29-48(31-58-53(49)43(5)69-10)61-25-23-60(24-26-61)46-13-14-46;1-7-5-3-2-4-6-7;1-2-4-6-5-3-1;1-2-3;2*1-2/h15-18,29,31,33-34,40,42-44,46,50-52,57H,11-14,19-28,30,32,35-39H2,1-10H3;6H,2-5H2,1H3;1-5H;2-3H,1H3;2*1-2H3/q+1;;;;;/b54-41+;;;;;/t42?,43?,44-,50?,51?,52?;;;;;/m1...../s1. The highest BCUT2D eigenvalue weighted by atomic mass is 16.5. The van der Waals surface area contributed by atoms with E-state index in [0.29, 0.717) is 51.7 Å². The first-order chi connectivity index (χ1) is 44.0. The number of benzene rings is 1. The number of anilines is 3. The van der Waals surface area contributed by atoms with E-state index in [2.05, 4.69) is 131 Å². The Kier molecular flexibility index (Phi) is 35.1. The van der Waals surface area contributed by atoms with Crippen LogP contribution in [0.3, 0.4) is 0 Å². The zero-order valence-electron chi connectivity index (χ0n) is 59.3. The van der Waals surface area contributed by atoms with E-state index < -0.39 is 0 Å². The number of nitrogens with zero attached hydrogens (tertiary/aromatic N) is 9. The normalized spacial score (nSPS) is 20.4. The summed E-state index contributed by atoms with van der Waals surface area (Å²) >= 11 is 0. The highest BCUT2D eigenvalue weighted by Crippen LogP contribution is 2.49. The molecule has 1 saturated carbocycles. The molecule has 9 rings (SSSR count). The van der Waals surface area contributed by atoms with Gasteiger partial charge in [0.05, 0.1) is 63.2 Å². The monoisotopic (exact) mass is 1270 g/mol. The third-order valence-electron chi connectivity index (χ3n) is 19.0. The lowest BCUT2D eigenvalue weighted by Crippen LogP contribution is -2.84. The number of likely N-dealkylation sites (tertiary alicyclic amines) is 2. The third-order valence-corrected chi connectivity index (χ3v) is 19.0. The van der Waals surface area contributed by atoms with Crippen molar-refractivity contribution in [3.63, 3.8) is 0 Å². The van der Waals surface area contributed by atoms with Gasteiger partial charge in [-0.15, -0.1) is 0 Å². The van der Waals surface area contributed by atoms with Crippen LogP contribution in [0, 0.1) is 22.2 Å². The minimum absolute atomic E-state index is 0.0107. The molecule has 7 heterocycles. The van der Waals surface area contributed by atoms with Crippen molar-refractivity contribution in [1.29, 1.82) is 5.41 Å². The Hall–Kier alpha value is -5.22. The van der Waals surface area contributed by atoms with E-state index in [4.69, 9.17) is 29.3 Å². The third kappa shape index (κ3) is 22.5. The average molecular weight is 1270 g/mol. The van der Waals surface area contributed by atoms with E-state index in [1.54, 1.807) is 33.5 Å². The molecule has 5 aliphatic heterocycles. The lowest BCUT2D eigenvalue weighted by molar-refractivity contribution is -1.03. The first kappa shape index (κ1) is 78.2. The molecule has 0 bridgehead atoms. The van der Waals surface area contributed by atoms with Crippen LogP contribution in [0.15, 0.2) is 72.7 Å². The largest absolute Gasteiger partial charge is 0.467 e. The second-order valence-electron chi connectivity index (χ2n) is 25.9. The maximum Gasteiger partial charge on any atom is 0.293 e. The van der Waals surface area contributed by atoms with Gasteiger partial charge < -0.3 is 58.4 Å². The first-order valence-corrected chi connectivity index (χ1v) is 34.4. The van der Waals surface area contributed by atoms with Gasteiger partial charge in [-0.25, -0.2) is 5.01 Å². The van der Waals surface area contributed by atoms with Crippen LogP contribution in [0.25, 0.3) is 5.70 Å². The lowest BCUT2D eigenvalue weighted by atomic mass is 9.71. The van der Waals surface area contributed by atoms with Gasteiger partial charge in [-0.3, -0.25) is 30.0 Å². The van der Waals surface area contributed by atoms with Crippen molar-refractivity contribution in [2.24, 2.45) is 16.7 Å². The first-order valence-electron chi connectivity index (χ1n) is 34.4. The molecule has 0 radical (unpaired) electrons. The summed E-state index contributed by atoms with van der Waals surface area (Å²) in [6.07, 6.45) is 17.8. The molecule has 19 nitrogen and oxygen atoms in total. The molecule has 6 fully saturated rings. The van der Waals surface area contributed by atoms with Crippen molar-refractivity contribution in [2.75, 3.05) is 155 Å². The highest BCUT2D eigenvalue weighted by Gasteiger charge is 2.66. The fourth-order valence-electron chi connectivity index (χ4n) is 14.1. The number of ether oxygens (including phenoxy) is 4. The lowest BCUT2D eigenvalue weighted by Gasteiger charge is -2.67. The molecule has 5 unspecified atom stereocenters. The molecule has 2 aromatic heterocycles. The summed E-state index contributed by atoms with van der Waals surface area (Å²) in [5.74, 6) is 0.609. The topological polar surface area (TPSA) is 181 Å². The number of nitrogens with one attached hydrogen (secondary N) is 3. The number of carbonyl (C=O) groups is 3. The molecule has 19 heteroatoms. The molecular formula is C72H123N12O7+. The highest BCUT2D eigenvalue weighted by molar-refractivity contribution is 5.84. The molecule has 512 valence electrons. The predicted octanol–water partition coefficient (Wildman–Crippen LogP) is 10.5. The number of aromatic nitrogens is 2. The van der Waals surface area contributed by atoms with E-state index in [-0.39, 0.29) is 41.1 Å². The minimum Gasteiger partial charge on any atom is -0.467 e. The number of carbonyl (C=O) groups excluding carboxylic acids is 3. The van der Waals surface area contributed by atoms with Crippen molar-refractivity contribution in [1.82, 2.24) is 35.5 Å². The van der Waals surface area contributed by atoms with Crippen LogP contribution < -0.4 is 25.4 Å². The van der Waals surface area contributed by atoms with Crippen LogP contribution in [0.2, 0.25) is 0 Å². The van der Waals surface area contributed by atoms with Gasteiger partial charge in [-0.1, -0.05) is 61.0 Å². The molecule has 1 aromatic carbocycles. The second-order valence-corrected chi connectivity index (χ2v) is 25.9. The summed E-state index contributed by atoms with van der Waals surface area (Å²) in [4.78, 5) is 59.0. The molecular weight excluding hydrogens is 1140 g/mol. The van der Waals surface area contributed by atoms with Gasteiger partial charge in [0.15, 0.2) is 0 Å². The van der Waals surface area contributed by atoms with Crippen LogP contribution >= 0.6 is 0 Å². The predicted molar refractivity (Wildman–Crippen MR) is 374 cm³/mol. The van der Waals surface area contributed by atoms with E-state index in [9.17, 15) is 14.4 Å². The van der Waals surface area contributed by atoms with Gasteiger partial charge in [-0.05, 0) is 147 Å². The molecule has 5 saturated heterocycles. The van der Waals surface area contributed by atoms with Crippen LogP contribution in [0.1, 0.15) is 152 Å². The van der Waals surface area contributed by atoms with Crippen molar-refractivity contribution in [3.8, 4) is 0 Å². The van der Waals surface area contributed by atoms with Gasteiger partial charge in [0.25, 0.3) is 6.47 Å². The smallest absolute Gasteiger partial charge is 0.293 e. The fourth-order valence-corrected chi connectivity index (χ4v) is 14.1. The number of pyridine rings is 2. The Morgan fingerprint density at radius 1 is 0.923 bits per heavy atom. The Morgan fingerprint density at radius 2 is 1.58 bits per heavy atom. The number of piperazine rings is 1. The number of quaternary nitrogens is 1. The number of hydrogen-bond donors (Lipinski definition) is 3. The Morgan fingerprint density at radius 3 is 2.04 bits per heavy atom. The van der Waals surface area contributed by atoms with Crippen molar-refractivity contribution >= 4 is 48.0 Å². The quantitative estimate of drug-likeness (QED) is 0.0339. The number of hydrogen-bond acceptors (Lipinski definition) is 18. The van der Waals surface area contributed by atoms with E-state index >= 15 is 0 Å². The summed E-state index contributed by atoms with van der Waals surface area (Å²) in [6.45, 7) is 39.9. The summed E-state index contributed by atoms with van der Waals surface area (Å²) in [7, 11) is 7.46. The molecule has 6 atom stereocenters. The van der Waals surface area contributed by atoms with E-state index in [1.807, 2.05) is 59.1 Å². The van der Waals surface area contributed by atoms with Gasteiger partial charge in [0.1, 0.15) is 42.2 Å². The van der Waals surface area contributed by atoms with Crippen molar-refractivity contribution < 1.29 is 37.8 Å². The molecule has 91 heavy (non-hydrogen) atoms.